The molecule has 1 heterocycles. The second-order valence-electron chi connectivity index (χ2n) is 10.1. The molecule has 0 amide bonds. The minimum atomic E-state index is -0.568. The minimum absolute atomic E-state index is 0.0504. The molecule has 0 aliphatic carbocycles. The summed E-state index contributed by atoms with van der Waals surface area (Å²) in [6, 6.07) is 25.3. The smallest absolute Gasteiger partial charge is 0.339 e. The average molecular weight is 495 g/mol. The predicted molar refractivity (Wildman–Crippen MR) is 150 cm³/mol. The maximum absolute atomic E-state index is 13.3. The Balaban J connectivity index is 1.66. The van der Waals surface area contributed by atoms with Crippen molar-refractivity contribution in [2.24, 2.45) is 0 Å². The first-order valence-electron chi connectivity index (χ1n) is 12.7. The third-order valence-electron chi connectivity index (χ3n) is 5.92. The van der Waals surface area contributed by atoms with Crippen molar-refractivity contribution in [1.29, 1.82) is 0 Å². The van der Waals surface area contributed by atoms with E-state index in [0.717, 1.165) is 40.6 Å². The lowest BCUT2D eigenvalue weighted by Gasteiger charge is -2.20. The molecular formula is C32H34N2O3. The van der Waals surface area contributed by atoms with E-state index in [1.807, 2.05) is 99.6 Å². The Morgan fingerprint density at radius 3 is 2.30 bits per heavy atom. The molecule has 0 aliphatic heterocycles. The molecular weight excluding hydrogens is 460 g/mol. The van der Waals surface area contributed by atoms with Crippen LogP contribution in [0.5, 0.6) is 0 Å². The summed E-state index contributed by atoms with van der Waals surface area (Å²) in [5.41, 5.74) is 4.44. The molecule has 5 nitrogen and oxygen atoms in total. The molecule has 0 radical (unpaired) electrons. The van der Waals surface area contributed by atoms with E-state index in [0.29, 0.717) is 17.5 Å². The van der Waals surface area contributed by atoms with Crippen LogP contribution in [0.2, 0.25) is 0 Å². The molecule has 0 spiro atoms. The predicted octanol–water partition coefficient (Wildman–Crippen LogP) is 5.26. The van der Waals surface area contributed by atoms with Crippen LogP contribution in [-0.4, -0.2) is 21.1 Å². The standard InChI is InChI=1S/C32H34N2O3/c1-5-6-16-29-33-28(21-23-12-8-7-9-13-23)30(35)34(29)22-24-17-19-25(20-18-24)26-14-10-11-15-27(26)31(36)37-32(2,3)4/h7-21,33H,5-6,22H2,1-4H3. The van der Waals surface area contributed by atoms with Gasteiger partial charge in [0.2, 0.25) is 0 Å². The third kappa shape index (κ3) is 6.56. The van der Waals surface area contributed by atoms with Crippen LogP contribution >= 0.6 is 0 Å². The van der Waals surface area contributed by atoms with E-state index in [-0.39, 0.29) is 11.5 Å². The average Bonchev–Trinajstić information content (AvgIpc) is 3.16. The van der Waals surface area contributed by atoms with Crippen molar-refractivity contribution in [3.05, 3.63) is 117 Å². The molecule has 0 saturated carbocycles. The summed E-state index contributed by atoms with van der Waals surface area (Å²) in [5, 5.41) is 0.566. The Hall–Kier alpha value is -4.12. The summed E-state index contributed by atoms with van der Waals surface area (Å²) in [5.74, 6) is -0.343. The molecule has 0 saturated heterocycles. The number of nitrogens with one attached hydrogen (secondary N) is 1. The first kappa shape index (κ1) is 26.0. The van der Waals surface area contributed by atoms with Crippen molar-refractivity contribution in [2.45, 2.75) is 52.7 Å². The lowest BCUT2D eigenvalue weighted by atomic mass is 9.98. The van der Waals surface area contributed by atoms with Gasteiger partial charge in [-0.25, -0.2) is 4.79 Å². The molecule has 1 N–H and O–H groups in total. The number of nitrogens with zero attached hydrogens (tertiary/aromatic N) is 1. The van der Waals surface area contributed by atoms with Gasteiger partial charge >= 0.3 is 5.97 Å². The Morgan fingerprint density at radius 1 is 0.946 bits per heavy atom. The highest BCUT2D eigenvalue weighted by Gasteiger charge is 2.20. The lowest BCUT2D eigenvalue weighted by molar-refractivity contribution is 0.00704. The number of H-pyrrole nitrogens is 1. The normalized spacial score (nSPS) is 12.6. The number of hydrogen-bond acceptors (Lipinski definition) is 3. The fourth-order valence-electron chi connectivity index (χ4n) is 4.14. The number of ether oxygens (including phenoxy) is 1. The van der Waals surface area contributed by atoms with Crippen molar-refractivity contribution in [3.63, 3.8) is 0 Å². The van der Waals surface area contributed by atoms with Crippen molar-refractivity contribution in [1.82, 2.24) is 9.55 Å². The zero-order valence-electron chi connectivity index (χ0n) is 22.0. The summed E-state index contributed by atoms with van der Waals surface area (Å²) in [6.45, 7) is 8.15. The van der Waals surface area contributed by atoms with Gasteiger partial charge in [0.05, 0.1) is 12.1 Å². The number of rotatable bonds is 7. The van der Waals surface area contributed by atoms with Crippen LogP contribution in [0.1, 0.15) is 62.0 Å². The van der Waals surface area contributed by atoms with Crippen molar-refractivity contribution in [3.8, 4) is 11.1 Å². The van der Waals surface area contributed by atoms with Gasteiger partial charge < -0.3 is 9.72 Å². The summed E-state index contributed by atoms with van der Waals surface area (Å²) < 4.78 is 7.39. The van der Waals surface area contributed by atoms with Gasteiger partial charge in [-0.2, -0.15) is 0 Å². The van der Waals surface area contributed by atoms with Gasteiger partial charge in [0.1, 0.15) is 16.4 Å². The van der Waals surface area contributed by atoms with Gasteiger partial charge in [-0.3, -0.25) is 9.36 Å². The fraction of sp³-hybridized carbons (Fsp3) is 0.250. The molecule has 37 heavy (non-hydrogen) atoms. The zero-order valence-corrected chi connectivity index (χ0v) is 22.0. The zero-order chi connectivity index (χ0) is 26.4. The molecule has 0 atom stereocenters. The van der Waals surface area contributed by atoms with Crippen LogP contribution in [0.3, 0.4) is 0 Å². The first-order valence-corrected chi connectivity index (χ1v) is 12.7. The fourth-order valence-corrected chi connectivity index (χ4v) is 4.14. The van der Waals surface area contributed by atoms with Crippen LogP contribution < -0.4 is 16.4 Å². The second kappa shape index (κ2) is 11.3. The minimum Gasteiger partial charge on any atom is -0.456 e. The highest BCUT2D eigenvalue weighted by molar-refractivity contribution is 5.97. The molecule has 0 bridgehead atoms. The molecule has 1 aromatic heterocycles. The summed E-state index contributed by atoms with van der Waals surface area (Å²) >= 11 is 0. The molecule has 190 valence electrons. The molecule has 4 aromatic rings. The number of aromatic amines is 1. The van der Waals surface area contributed by atoms with E-state index in [9.17, 15) is 9.59 Å². The number of unbranched alkanes of at least 4 members (excludes halogenated alkanes) is 1. The summed E-state index contributed by atoms with van der Waals surface area (Å²) in [4.78, 5) is 29.4. The number of hydrogen-bond donors (Lipinski definition) is 1. The Kier molecular flexibility index (Phi) is 7.92. The topological polar surface area (TPSA) is 64.1 Å². The maximum Gasteiger partial charge on any atom is 0.339 e. The Morgan fingerprint density at radius 2 is 1.62 bits per heavy atom. The highest BCUT2D eigenvalue weighted by Crippen LogP contribution is 2.26. The molecule has 4 rings (SSSR count). The monoisotopic (exact) mass is 494 g/mol. The molecule has 5 heteroatoms. The van der Waals surface area contributed by atoms with Gasteiger partial charge in [-0.1, -0.05) is 86.1 Å². The van der Waals surface area contributed by atoms with Crippen molar-refractivity contribution < 1.29 is 9.53 Å². The van der Waals surface area contributed by atoms with Gasteiger partial charge in [-0.05, 0) is 67.7 Å². The van der Waals surface area contributed by atoms with Crippen molar-refractivity contribution in [2.75, 3.05) is 0 Å². The van der Waals surface area contributed by atoms with Crippen LogP contribution in [-0.2, 0) is 11.3 Å². The number of imidazole rings is 1. The van der Waals surface area contributed by atoms with Crippen LogP contribution in [0.4, 0.5) is 0 Å². The van der Waals surface area contributed by atoms with Crippen molar-refractivity contribution >= 4 is 18.1 Å². The van der Waals surface area contributed by atoms with E-state index in [1.165, 1.54) is 0 Å². The van der Waals surface area contributed by atoms with Gasteiger partial charge in [-0.15, -0.1) is 0 Å². The van der Waals surface area contributed by atoms with E-state index in [4.69, 9.17) is 4.74 Å². The lowest BCUT2D eigenvalue weighted by Crippen LogP contribution is -2.31. The summed E-state index contributed by atoms with van der Waals surface area (Å²) in [7, 11) is 0. The van der Waals surface area contributed by atoms with E-state index in [2.05, 4.69) is 18.0 Å². The van der Waals surface area contributed by atoms with Crippen LogP contribution in [0, 0.1) is 0 Å². The number of esters is 1. The van der Waals surface area contributed by atoms with E-state index >= 15 is 0 Å². The Labute approximate surface area is 217 Å². The number of carbonyl (C=O) groups excluding carboxylic acids is 1. The number of aromatic nitrogens is 2. The highest BCUT2D eigenvalue weighted by atomic mass is 16.6. The quantitative estimate of drug-likeness (QED) is 0.357. The van der Waals surface area contributed by atoms with Crippen LogP contribution in [0.25, 0.3) is 23.3 Å². The number of benzene rings is 3. The Bertz CT molecular complexity index is 1540. The van der Waals surface area contributed by atoms with Gasteiger partial charge in [0, 0.05) is 0 Å². The van der Waals surface area contributed by atoms with Crippen LogP contribution in [0.15, 0.2) is 83.7 Å². The SMILES string of the molecule is CCCC=c1[nH]c(=Cc2ccccc2)c(=O)n1Cc1ccc(-c2ccccc2C(=O)OC(C)(C)C)cc1. The number of carbonyl (C=O) groups is 1. The maximum atomic E-state index is 13.3. The molecule has 0 fully saturated rings. The first-order chi connectivity index (χ1) is 17.7. The van der Waals surface area contributed by atoms with Gasteiger partial charge in [0.25, 0.3) is 5.56 Å². The molecule has 0 aliphatic rings. The molecule has 3 aromatic carbocycles. The van der Waals surface area contributed by atoms with Gasteiger partial charge in [0.15, 0.2) is 0 Å². The third-order valence-corrected chi connectivity index (χ3v) is 5.92. The molecule has 0 unspecified atom stereocenters. The largest absolute Gasteiger partial charge is 0.456 e. The van der Waals surface area contributed by atoms with E-state index < -0.39 is 5.60 Å². The second-order valence-corrected chi connectivity index (χ2v) is 10.1. The van der Waals surface area contributed by atoms with E-state index in [1.54, 1.807) is 10.6 Å². The summed E-state index contributed by atoms with van der Waals surface area (Å²) in [6.07, 6.45) is 5.84.